The molecule has 1 aliphatic rings. The zero-order chi connectivity index (χ0) is 11.7. The summed E-state index contributed by atoms with van der Waals surface area (Å²) in [5, 5.41) is 5.80. The Balaban J connectivity index is 1.91. The van der Waals surface area contributed by atoms with E-state index < -0.39 is 0 Å². The van der Waals surface area contributed by atoms with E-state index in [-0.39, 0.29) is 0 Å². The second kappa shape index (κ2) is 4.53. The average molecular weight is 243 g/mol. The summed E-state index contributed by atoms with van der Waals surface area (Å²) >= 11 is 1.87. The Labute approximate surface area is 106 Å². The Morgan fingerprint density at radius 2 is 2.24 bits per heavy atom. The molecule has 0 fully saturated rings. The van der Waals surface area contributed by atoms with Gasteiger partial charge in [0.2, 0.25) is 0 Å². The number of para-hydroxylation sites is 1. The standard InChI is InChI=1S/C15H17NS/c1-2-11-5-3-6-12-9-13(10-16-15(11)12)14-7-4-8-17-14/h3-8,13,16H,2,9-10H2,1H3. The van der Waals surface area contributed by atoms with Gasteiger partial charge in [-0.25, -0.2) is 0 Å². The number of anilines is 1. The first-order chi connectivity index (χ1) is 8.38. The molecule has 1 unspecified atom stereocenters. The number of benzene rings is 1. The first-order valence-corrected chi connectivity index (χ1v) is 7.14. The minimum atomic E-state index is 0.648. The summed E-state index contributed by atoms with van der Waals surface area (Å²) in [4.78, 5) is 1.50. The Kier molecular flexibility index (Phi) is 2.89. The van der Waals surface area contributed by atoms with Crippen molar-refractivity contribution in [3.63, 3.8) is 0 Å². The fraction of sp³-hybridized carbons (Fsp3) is 0.333. The predicted octanol–water partition coefficient (Wildman–Crippen LogP) is 4.06. The second-order valence-corrected chi connectivity index (χ2v) is 5.58. The smallest absolute Gasteiger partial charge is 0.0405 e. The normalized spacial score (nSPS) is 18.5. The van der Waals surface area contributed by atoms with Crippen LogP contribution in [0.1, 0.15) is 28.8 Å². The van der Waals surface area contributed by atoms with Crippen molar-refractivity contribution in [3.05, 3.63) is 51.7 Å². The van der Waals surface area contributed by atoms with Gasteiger partial charge >= 0.3 is 0 Å². The Hall–Kier alpha value is -1.28. The molecule has 3 rings (SSSR count). The van der Waals surface area contributed by atoms with Crippen molar-refractivity contribution in [2.45, 2.75) is 25.7 Å². The Bertz CT molecular complexity index is 502. The van der Waals surface area contributed by atoms with Gasteiger partial charge in [-0.1, -0.05) is 31.2 Å². The fourth-order valence-electron chi connectivity index (χ4n) is 2.63. The molecule has 0 bridgehead atoms. The number of rotatable bonds is 2. The number of aryl methyl sites for hydroxylation is 1. The van der Waals surface area contributed by atoms with E-state index in [1.807, 2.05) is 11.3 Å². The van der Waals surface area contributed by atoms with Crippen LogP contribution in [0.3, 0.4) is 0 Å². The molecule has 2 aromatic rings. The highest BCUT2D eigenvalue weighted by Gasteiger charge is 2.21. The summed E-state index contributed by atoms with van der Waals surface area (Å²) < 4.78 is 0. The lowest BCUT2D eigenvalue weighted by molar-refractivity contribution is 0.705. The molecule has 0 saturated carbocycles. The predicted molar refractivity (Wildman–Crippen MR) is 75.1 cm³/mol. The topological polar surface area (TPSA) is 12.0 Å². The molecule has 0 amide bonds. The highest BCUT2D eigenvalue weighted by atomic mass is 32.1. The van der Waals surface area contributed by atoms with Crippen LogP contribution >= 0.6 is 11.3 Å². The highest BCUT2D eigenvalue weighted by Crippen LogP contribution is 2.34. The molecule has 0 radical (unpaired) electrons. The minimum absolute atomic E-state index is 0.648. The van der Waals surface area contributed by atoms with Crippen LogP contribution in [0.2, 0.25) is 0 Å². The van der Waals surface area contributed by atoms with Crippen molar-refractivity contribution in [2.24, 2.45) is 0 Å². The van der Waals surface area contributed by atoms with E-state index >= 15 is 0 Å². The third-order valence-corrected chi connectivity index (χ3v) is 4.59. The molecule has 1 aromatic heterocycles. The van der Waals surface area contributed by atoms with E-state index in [9.17, 15) is 0 Å². The summed E-state index contributed by atoms with van der Waals surface area (Å²) in [6.07, 6.45) is 2.29. The summed E-state index contributed by atoms with van der Waals surface area (Å²) in [5.41, 5.74) is 4.32. The Morgan fingerprint density at radius 1 is 1.29 bits per heavy atom. The van der Waals surface area contributed by atoms with Gasteiger partial charge in [0.05, 0.1) is 0 Å². The van der Waals surface area contributed by atoms with E-state index in [1.54, 1.807) is 0 Å². The van der Waals surface area contributed by atoms with Crippen LogP contribution in [-0.2, 0) is 12.8 Å². The molecule has 0 spiro atoms. The number of nitrogens with one attached hydrogen (secondary N) is 1. The molecule has 2 heterocycles. The molecule has 1 nitrogen and oxygen atoms in total. The van der Waals surface area contributed by atoms with Crippen molar-refractivity contribution in [3.8, 4) is 0 Å². The van der Waals surface area contributed by atoms with Crippen LogP contribution < -0.4 is 5.32 Å². The Morgan fingerprint density at radius 3 is 3.00 bits per heavy atom. The fourth-order valence-corrected chi connectivity index (χ4v) is 3.46. The zero-order valence-electron chi connectivity index (χ0n) is 10.1. The highest BCUT2D eigenvalue weighted by molar-refractivity contribution is 7.10. The summed E-state index contributed by atoms with van der Waals surface area (Å²) in [5.74, 6) is 0.648. The maximum Gasteiger partial charge on any atom is 0.0405 e. The number of thiophene rings is 1. The average Bonchev–Trinajstić information content (AvgIpc) is 2.91. The summed E-state index contributed by atoms with van der Waals surface area (Å²) in [7, 11) is 0. The van der Waals surface area contributed by atoms with Gasteiger partial charge in [-0.15, -0.1) is 11.3 Å². The molecular weight excluding hydrogens is 226 g/mol. The first kappa shape index (κ1) is 10.8. The molecule has 1 atom stereocenters. The van der Waals surface area contributed by atoms with Crippen molar-refractivity contribution < 1.29 is 0 Å². The minimum Gasteiger partial charge on any atom is -0.384 e. The second-order valence-electron chi connectivity index (χ2n) is 4.60. The lowest BCUT2D eigenvalue weighted by Gasteiger charge is -2.27. The molecule has 88 valence electrons. The molecule has 1 aliphatic heterocycles. The number of fused-ring (bicyclic) bond motifs is 1. The maximum absolute atomic E-state index is 3.63. The third kappa shape index (κ3) is 1.98. The monoisotopic (exact) mass is 243 g/mol. The van der Waals surface area contributed by atoms with Gasteiger partial charge in [0, 0.05) is 23.0 Å². The van der Waals surface area contributed by atoms with Gasteiger partial charge in [0.1, 0.15) is 0 Å². The summed E-state index contributed by atoms with van der Waals surface area (Å²) in [6.45, 7) is 3.30. The van der Waals surface area contributed by atoms with Crippen LogP contribution in [0.4, 0.5) is 5.69 Å². The van der Waals surface area contributed by atoms with Gasteiger partial charge in [-0.3, -0.25) is 0 Å². The molecule has 17 heavy (non-hydrogen) atoms. The van der Waals surface area contributed by atoms with Crippen LogP contribution in [0.5, 0.6) is 0 Å². The molecule has 0 aliphatic carbocycles. The van der Waals surface area contributed by atoms with Crippen LogP contribution in [-0.4, -0.2) is 6.54 Å². The van der Waals surface area contributed by atoms with Gasteiger partial charge < -0.3 is 5.32 Å². The van der Waals surface area contributed by atoms with Gasteiger partial charge in [-0.2, -0.15) is 0 Å². The molecule has 2 heteroatoms. The quantitative estimate of drug-likeness (QED) is 0.838. The molecule has 1 aromatic carbocycles. The maximum atomic E-state index is 3.63. The molecule has 0 saturated heterocycles. The van der Waals surface area contributed by atoms with Crippen molar-refractivity contribution in [2.75, 3.05) is 11.9 Å². The number of hydrogen-bond donors (Lipinski definition) is 1. The summed E-state index contributed by atoms with van der Waals surface area (Å²) in [6, 6.07) is 11.1. The zero-order valence-corrected chi connectivity index (χ0v) is 10.9. The van der Waals surface area contributed by atoms with Gasteiger partial charge in [0.15, 0.2) is 0 Å². The number of hydrogen-bond acceptors (Lipinski definition) is 2. The van der Waals surface area contributed by atoms with Crippen LogP contribution in [0.15, 0.2) is 35.7 Å². The van der Waals surface area contributed by atoms with Crippen LogP contribution in [0.25, 0.3) is 0 Å². The largest absolute Gasteiger partial charge is 0.384 e. The van der Waals surface area contributed by atoms with Gasteiger partial charge in [0.25, 0.3) is 0 Å². The molecule has 1 N–H and O–H groups in total. The van der Waals surface area contributed by atoms with Gasteiger partial charge in [-0.05, 0) is 35.4 Å². The van der Waals surface area contributed by atoms with E-state index in [4.69, 9.17) is 0 Å². The lowest BCUT2D eigenvalue weighted by atomic mass is 9.90. The van der Waals surface area contributed by atoms with E-state index in [2.05, 4.69) is 48.0 Å². The van der Waals surface area contributed by atoms with Crippen LogP contribution in [0, 0.1) is 0 Å². The lowest BCUT2D eigenvalue weighted by Crippen LogP contribution is -2.21. The SMILES string of the molecule is CCc1cccc2c1NCC(c1cccs1)C2. The van der Waals surface area contributed by atoms with E-state index in [0.29, 0.717) is 5.92 Å². The van der Waals surface area contributed by atoms with Crippen molar-refractivity contribution >= 4 is 17.0 Å². The van der Waals surface area contributed by atoms with E-state index in [0.717, 1.165) is 13.0 Å². The van der Waals surface area contributed by atoms with E-state index in [1.165, 1.54) is 28.1 Å². The first-order valence-electron chi connectivity index (χ1n) is 6.26. The van der Waals surface area contributed by atoms with Crippen molar-refractivity contribution in [1.82, 2.24) is 0 Å². The third-order valence-electron chi connectivity index (χ3n) is 3.56. The van der Waals surface area contributed by atoms with Crippen molar-refractivity contribution in [1.29, 1.82) is 0 Å². The molecular formula is C15H17NS.